The summed E-state index contributed by atoms with van der Waals surface area (Å²) in [6, 6.07) is 0. The summed E-state index contributed by atoms with van der Waals surface area (Å²) < 4.78 is 14.8. The van der Waals surface area contributed by atoms with Gasteiger partial charge in [0.05, 0.1) is 0 Å². The van der Waals surface area contributed by atoms with Crippen molar-refractivity contribution in [3.63, 3.8) is 0 Å². The third-order valence-electron chi connectivity index (χ3n) is 1.60. The molecule has 0 fully saturated rings. The van der Waals surface area contributed by atoms with Crippen molar-refractivity contribution in [3.05, 3.63) is 0 Å². The Morgan fingerprint density at radius 1 is 1.00 bits per heavy atom. The van der Waals surface area contributed by atoms with E-state index in [2.05, 4.69) is 16.4 Å². The summed E-state index contributed by atoms with van der Waals surface area (Å²) in [5.41, 5.74) is 0. The molecule has 104 valence electrons. The van der Waals surface area contributed by atoms with E-state index in [1.54, 1.807) is 0 Å². The van der Waals surface area contributed by atoms with Crippen molar-refractivity contribution in [2.45, 2.75) is 0 Å². The minimum atomic E-state index is -5.02. The Morgan fingerprint density at radius 2 is 1.44 bits per heavy atom. The Balaban J connectivity index is 4.13. The molecule has 0 aliphatic heterocycles. The van der Waals surface area contributed by atoms with Gasteiger partial charge in [-0.15, -0.1) is 0 Å². The van der Waals surface area contributed by atoms with Gasteiger partial charge in [-0.25, -0.2) is 0 Å². The Kier molecular flexibility index (Phi) is 8.14. The van der Waals surface area contributed by atoms with Crippen LogP contribution in [0.2, 0.25) is 0 Å². The molecule has 0 unspecified atom stereocenters. The molecule has 0 aromatic carbocycles. The molecule has 0 aliphatic rings. The number of terminal acetylenes is 2. The maximum atomic E-state index is 9.12. The SMILES string of the molecule is C#CCOCC(COCC#C)COP(O)(O)(Cl)Cl. The van der Waals surface area contributed by atoms with Crippen molar-refractivity contribution in [2.24, 2.45) is 5.92 Å². The Hall–Kier alpha value is -0.0700. The summed E-state index contributed by atoms with van der Waals surface area (Å²) >= 11 is 10.4. The van der Waals surface area contributed by atoms with Crippen molar-refractivity contribution < 1.29 is 23.8 Å². The van der Waals surface area contributed by atoms with Crippen LogP contribution in [0.15, 0.2) is 0 Å². The maximum absolute atomic E-state index is 9.12. The van der Waals surface area contributed by atoms with Gasteiger partial charge >= 0.3 is 116 Å². The molecule has 0 radical (unpaired) electrons. The van der Waals surface area contributed by atoms with Gasteiger partial charge in [-0.2, -0.15) is 0 Å². The van der Waals surface area contributed by atoms with Crippen molar-refractivity contribution in [1.82, 2.24) is 0 Å². The predicted molar refractivity (Wildman–Crippen MR) is 71.8 cm³/mol. The predicted octanol–water partition coefficient (Wildman–Crippen LogP) is 1.51. The molecule has 2 N–H and O–H groups in total. The molecule has 0 heterocycles. The first kappa shape index (κ1) is 17.9. The summed E-state index contributed by atoms with van der Waals surface area (Å²) in [6.07, 6.45) is 10.0. The molecule has 0 aromatic heterocycles. The molecule has 0 spiro atoms. The second-order valence-corrected chi connectivity index (χ2v) is 9.31. The van der Waals surface area contributed by atoms with E-state index >= 15 is 0 Å². The number of ether oxygens (including phenoxy) is 2. The van der Waals surface area contributed by atoms with Gasteiger partial charge in [0.1, 0.15) is 0 Å². The number of rotatable bonds is 9. The summed E-state index contributed by atoms with van der Waals surface area (Å²) in [7, 11) is 0. The average molecular weight is 317 g/mol. The Morgan fingerprint density at radius 3 is 1.78 bits per heavy atom. The summed E-state index contributed by atoms with van der Waals surface area (Å²) in [6.45, 7) is 0.460. The second kappa shape index (κ2) is 8.17. The monoisotopic (exact) mass is 316 g/mol. The van der Waals surface area contributed by atoms with Crippen molar-refractivity contribution in [2.75, 3.05) is 33.0 Å². The van der Waals surface area contributed by atoms with Crippen LogP contribution in [-0.4, -0.2) is 42.8 Å². The third-order valence-corrected chi connectivity index (χ3v) is 2.76. The quantitative estimate of drug-likeness (QED) is 0.383. The topological polar surface area (TPSA) is 68.2 Å². The standard InChI is InChI=1S/C10H15Cl2O5P/c1-3-5-15-7-10(8-16-6-4-2)9-17-18(11,12,13)14/h1-2,10,13-14H,5-9H2. The van der Waals surface area contributed by atoms with Crippen molar-refractivity contribution in [1.29, 1.82) is 0 Å². The molecule has 0 rings (SSSR count). The fourth-order valence-corrected chi connectivity index (χ4v) is 1.74. The fraction of sp³-hybridized carbons (Fsp3) is 0.600. The Bertz CT molecular complexity index is 299. The van der Waals surface area contributed by atoms with E-state index in [-0.39, 0.29) is 39.0 Å². The van der Waals surface area contributed by atoms with Crippen LogP contribution in [0, 0.1) is 30.6 Å². The van der Waals surface area contributed by atoms with Crippen LogP contribution in [0.3, 0.4) is 0 Å². The van der Waals surface area contributed by atoms with Crippen LogP contribution < -0.4 is 0 Å². The number of hydrogen-bond acceptors (Lipinski definition) is 5. The van der Waals surface area contributed by atoms with Gasteiger partial charge in [-0.05, 0) is 0 Å². The first-order chi connectivity index (χ1) is 8.24. The molecule has 0 atom stereocenters. The first-order valence-electron chi connectivity index (χ1n) is 4.87. The van der Waals surface area contributed by atoms with Gasteiger partial charge in [0.2, 0.25) is 0 Å². The molecule has 0 aromatic rings. The van der Waals surface area contributed by atoms with Crippen molar-refractivity contribution in [3.8, 4) is 24.7 Å². The zero-order chi connectivity index (χ0) is 14.1. The van der Waals surface area contributed by atoms with E-state index in [4.69, 9.17) is 54.6 Å². The molecule has 0 saturated carbocycles. The van der Waals surface area contributed by atoms with Gasteiger partial charge < -0.3 is 0 Å². The van der Waals surface area contributed by atoms with E-state index in [9.17, 15) is 0 Å². The second-order valence-electron chi connectivity index (χ2n) is 3.36. The van der Waals surface area contributed by atoms with E-state index in [1.807, 2.05) is 0 Å². The van der Waals surface area contributed by atoms with Gasteiger partial charge in [0.25, 0.3) is 0 Å². The number of hydrogen-bond donors (Lipinski definition) is 2. The molecule has 0 bridgehead atoms. The van der Waals surface area contributed by atoms with Gasteiger partial charge in [0, 0.05) is 0 Å². The van der Waals surface area contributed by atoms with Gasteiger partial charge in [0.15, 0.2) is 0 Å². The first-order valence-corrected chi connectivity index (χ1v) is 8.74. The molecular formula is C10H15Cl2O5P. The van der Waals surface area contributed by atoms with Crippen LogP contribution in [0.25, 0.3) is 0 Å². The summed E-state index contributed by atoms with van der Waals surface area (Å²) in [5.74, 6) is -0.768. The molecule has 18 heavy (non-hydrogen) atoms. The Labute approximate surface area is 116 Å². The summed E-state index contributed by atoms with van der Waals surface area (Å²) in [4.78, 5) is 18.2. The molecule has 5 nitrogen and oxygen atoms in total. The van der Waals surface area contributed by atoms with Crippen LogP contribution in [0.1, 0.15) is 0 Å². The van der Waals surface area contributed by atoms with Gasteiger partial charge in [-0.1, -0.05) is 0 Å². The zero-order valence-corrected chi connectivity index (χ0v) is 12.0. The van der Waals surface area contributed by atoms with E-state index in [0.29, 0.717) is 0 Å². The fourth-order valence-electron chi connectivity index (χ4n) is 0.942. The zero-order valence-electron chi connectivity index (χ0n) is 9.59. The third kappa shape index (κ3) is 12.4. The average Bonchev–Trinajstić information content (AvgIpc) is 2.23. The molecule has 0 amide bonds. The summed E-state index contributed by atoms with van der Waals surface area (Å²) in [5, 5.41) is 0. The van der Waals surface area contributed by atoms with Crippen LogP contribution in [0.4, 0.5) is 0 Å². The number of halogens is 2. The van der Waals surface area contributed by atoms with E-state index < -0.39 is 5.99 Å². The van der Waals surface area contributed by atoms with Crippen LogP contribution in [0.5, 0.6) is 0 Å². The molecular weight excluding hydrogens is 302 g/mol. The molecule has 8 heteroatoms. The van der Waals surface area contributed by atoms with Crippen molar-refractivity contribution >= 4 is 28.5 Å². The van der Waals surface area contributed by atoms with Crippen LogP contribution in [-0.2, 0) is 14.0 Å². The van der Waals surface area contributed by atoms with Crippen LogP contribution >= 0.6 is 28.5 Å². The van der Waals surface area contributed by atoms with Gasteiger partial charge in [-0.3, -0.25) is 0 Å². The van der Waals surface area contributed by atoms with E-state index in [1.165, 1.54) is 0 Å². The molecule has 0 saturated heterocycles. The minimum absolute atomic E-state index is 0.120. The molecule has 0 aliphatic carbocycles. The van der Waals surface area contributed by atoms with E-state index in [0.717, 1.165) is 0 Å². The normalized spacial score (nSPS) is 13.6.